The summed E-state index contributed by atoms with van der Waals surface area (Å²) in [5.74, 6) is -0.871. The average molecular weight is 263 g/mol. The summed E-state index contributed by atoms with van der Waals surface area (Å²) in [4.78, 5) is 35.2. The summed E-state index contributed by atoms with van der Waals surface area (Å²) in [5, 5.41) is 2.43. The van der Waals surface area contributed by atoms with E-state index >= 15 is 0 Å². The van der Waals surface area contributed by atoms with Crippen LogP contribution in [0.25, 0.3) is 0 Å². The molecule has 1 aliphatic heterocycles. The molecule has 3 aliphatic carbocycles. The Morgan fingerprint density at radius 3 is 2.68 bits per heavy atom. The van der Waals surface area contributed by atoms with Crippen LogP contribution in [0.15, 0.2) is 11.8 Å². The van der Waals surface area contributed by atoms with Gasteiger partial charge in [0.25, 0.3) is 0 Å². The van der Waals surface area contributed by atoms with E-state index in [0.29, 0.717) is 5.76 Å². The van der Waals surface area contributed by atoms with Crippen molar-refractivity contribution in [3.63, 3.8) is 0 Å². The van der Waals surface area contributed by atoms with E-state index in [1.807, 2.05) is 19.9 Å². The second-order valence-electron chi connectivity index (χ2n) is 6.21. The first-order valence-electron chi connectivity index (χ1n) is 6.59. The molecule has 0 aromatic heterocycles. The van der Waals surface area contributed by atoms with E-state index in [4.69, 9.17) is 4.74 Å². The minimum absolute atomic E-state index is 0.165. The molecule has 1 heterocycles. The molecule has 4 aliphatic rings. The minimum Gasteiger partial charge on any atom is -0.431 e. The third-order valence-electron chi connectivity index (χ3n) is 4.73. The number of esters is 1. The van der Waals surface area contributed by atoms with Gasteiger partial charge in [-0.3, -0.25) is 19.7 Å². The maximum atomic E-state index is 12.0. The molecule has 1 saturated carbocycles. The zero-order chi connectivity index (χ0) is 13.9. The van der Waals surface area contributed by atoms with Crippen LogP contribution in [0.3, 0.4) is 0 Å². The van der Waals surface area contributed by atoms with E-state index in [2.05, 4.69) is 5.32 Å². The van der Waals surface area contributed by atoms with Crippen LogP contribution in [0, 0.1) is 29.1 Å². The zero-order valence-electron chi connectivity index (χ0n) is 11.2. The highest BCUT2D eigenvalue weighted by atomic mass is 16.5. The Bertz CT molecular complexity index is 524. The Labute approximate surface area is 111 Å². The van der Waals surface area contributed by atoms with Crippen LogP contribution >= 0.6 is 0 Å². The molecular weight excluding hydrogens is 246 g/mol. The first kappa shape index (κ1) is 12.4. The largest absolute Gasteiger partial charge is 0.431 e. The molecule has 5 nitrogen and oxygen atoms in total. The Morgan fingerprint density at radius 1 is 1.37 bits per heavy atom. The van der Waals surface area contributed by atoms with E-state index in [9.17, 15) is 14.4 Å². The van der Waals surface area contributed by atoms with Crippen molar-refractivity contribution in [3.05, 3.63) is 11.8 Å². The highest BCUT2D eigenvalue weighted by Crippen LogP contribution is 2.59. The van der Waals surface area contributed by atoms with Gasteiger partial charge in [0.15, 0.2) is 0 Å². The molecule has 2 bridgehead atoms. The summed E-state index contributed by atoms with van der Waals surface area (Å²) >= 11 is 0. The molecule has 2 fully saturated rings. The van der Waals surface area contributed by atoms with Crippen LogP contribution in [-0.4, -0.2) is 17.8 Å². The monoisotopic (exact) mass is 263 g/mol. The van der Waals surface area contributed by atoms with Crippen molar-refractivity contribution < 1.29 is 19.1 Å². The molecule has 0 spiro atoms. The van der Waals surface area contributed by atoms with Gasteiger partial charge in [0.05, 0.1) is 11.8 Å². The lowest BCUT2D eigenvalue weighted by Crippen LogP contribution is -2.51. The number of carbonyl (C=O) groups excluding carboxylic acids is 3. The number of ether oxygens (including phenoxy) is 1. The normalized spacial score (nSPS) is 43.6. The number of nitrogens with one attached hydrogen (secondary N) is 1. The lowest BCUT2D eigenvalue weighted by atomic mass is 9.51. The van der Waals surface area contributed by atoms with Crippen molar-refractivity contribution in [2.75, 3.05) is 0 Å². The molecule has 0 aromatic rings. The third-order valence-corrected chi connectivity index (χ3v) is 4.73. The molecule has 0 aromatic carbocycles. The second kappa shape index (κ2) is 3.68. The van der Waals surface area contributed by atoms with Crippen molar-refractivity contribution >= 4 is 17.8 Å². The summed E-state index contributed by atoms with van der Waals surface area (Å²) in [6.07, 6.45) is 2.72. The molecule has 5 heteroatoms. The average Bonchev–Trinajstić information content (AvgIpc) is 2.53. The molecule has 0 radical (unpaired) electrons. The summed E-state index contributed by atoms with van der Waals surface area (Å²) in [6, 6.07) is 0. The van der Waals surface area contributed by atoms with Gasteiger partial charge in [-0.15, -0.1) is 0 Å². The number of allylic oxidation sites excluding steroid dienone is 2. The van der Waals surface area contributed by atoms with Gasteiger partial charge in [0.1, 0.15) is 5.76 Å². The van der Waals surface area contributed by atoms with Crippen LogP contribution in [0.4, 0.5) is 0 Å². The quantitative estimate of drug-likeness (QED) is 0.566. The highest BCUT2D eigenvalue weighted by molar-refractivity contribution is 6.06. The lowest BCUT2D eigenvalue weighted by molar-refractivity contribution is -0.144. The third kappa shape index (κ3) is 1.57. The molecule has 102 valence electrons. The number of imide groups is 1. The number of hydrogen-bond acceptors (Lipinski definition) is 4. The lowest BCUT2D eigenvalue weighted by Gasteiger charge is -2.51. The van der Waals surface area contributed by atoms with Crippen LogP contribution in [0.2, 0.25) is 0 Å². The van der Waals surface area contributed by atoms with Crippen molar-refractivity contribution in [2.24, 2.45) is 29.1 Å². The van der Waals surface area contributed by atoms with Crippen molar-refractivity contribution in [1.82, 2.24) is 5.32 Å². The smallest absolute Gasteiger partial charge is 0.307 e. The van der Waals surface area contributed by atoms with E-state index in [0.717, 1.165) is 6.42 Å². The molecule has 2 amide bonds. The van der Waals surface area contributed by atoms with Gasteiger partial charge in [-0.1, -0.05) is 13.8 Å². The van der Waals surface area contributed by atoms with E-state index in [1.54, 1.807) is 0 Å². The first-order chi connectivity index (χ1) is 8.83. The summed E-state index contributed by atoms with van der Waals surface area (Å²) < 4.78 is 5.28. The molecule has 3 unspecified atom stereocenters. The van der Waals surface area contributed by atoms with Crippen molar-refractivity contribution in [2.45, 2.75) is 27.2 Å². The van der Waals surface area contributed by atoms with Gasteiger partial charge in [-0.2, -0.15) is 0 Å². The number of carbonyl (C=O) groups is 3. The Morgan fingerprint density at radius 2 is 2.05 bits per heavy atom. The Hall–Kier alpha value is -1.65. The molecule has 19 heavy (non-hydrogen) atoms. The molecule has 5 atom stereocenters. The number of hydrogen-bond donors (Lipinski definition) is 1. The molecule has 4 rings (SSSR count). The van der Waals surface area contributed by atoms with Gasteiger partial charge in [-0.25, -0.2) is 0 Å². The predicted molar refractivity (Wildman–Crippen MR) is 65.4 cm³/mol. The highest BCUT2D eigenvalue weighted by Gasteiger charge is 2.63. The van der Waals surface area contributed by atoms with Crippen molar-refractivity contribution in [3.8, 4) is 0 Å². The van der Waals surface area contributed by atoms with Gasteiger partial charge in [0.2, 0.25) is 11.8 Å². The van der Waals surface area contributed by atoms with E-state index in [1.165, 1.54) is 6.92 Å². The van der Waals surface area contributed by atoms with Crippen LogP contribution in [-0.2, 0) is 19.1 Å². The van der Waals surface area contributed by atoms with Crippen molar-refractivity contribution in [1.29, 1.82) is 0 Å². The molecule has 1 saturated heterocycles. The fourth-order valence-corrected chi connectivity index (χ4v) is 4.27. The SMILES string of the molecule is CC(=O)OC1=C[C@@]2(C)CC(C)[C@@H]1C1C(=O)NC(=O)C12. The van der Waals surface area contributed by atoms with E-state index in [-0.39, 0.29) is 41.5 Å². The van der Waals surface area contributed by atoms with Crippen LogP contribution in [0.5, 0.6) is 0 Å². The maximum absolute atomic E-state index is 12.0. The summed E-state index contributed by atoms with van der Waals surface area (Å²) in [6.45, 7) is 5.37. The van der Waals surface area contributed by atoms with Crippen LogP contribution < -0.4 is 5.32 Å². The van der Waals surface area contributed by atoms with Gasteiger partial charge in [-0.05, 0) is 18.4 Å². The fourth-order valence-electron chi connectivity index (χ4n) is 4.27. The van der Waals surface area contributed by atoms with Crippen LogP contribution in [0.1, 0.15) is 27.2 Å². The Kier molecular flexibility index (Phi) is 2.40. The maximum Gasteiger partial charge on any atom is 0.307 e. The van der Waals surface area contributed by atoms with E-state index < -0.39 is 5.41 Å². The molecular formula is C14H17NO4. The predicted octanol–water partition coefficient (Wildman–Crippen LogP) is 0.998. The fraction of sp³-hybridized carbons (Fsp3) is 0.643. The standard InChI is InChI=1S/C14H17NO4/c1-6-4-14(3)5-8(19-7(2)16)9(6)10-11(14)13(18)15-12(10)17/h5-6,9-11H,4H2,1-3H3,(H,15,17,18)/t6?,9-,10?,11?,14+/m0/s1. The van der Waals surface area contributed by atoms with Gasteiger partial charge < -0.3 is 4.74 Å². The minimum atomic E-state index is -0.403. The first-order valence-corrected chi connectivity index (χ1v) is 6.59. The number of fused-ring (bicyclic) bond motifs is 1. The summed E-state index contributed by atoms with van der Waals surface area (Å²) in [5.41, 5.74) is -0.403. The second-order valence-corrected chi connectivity index (χ2v) is 6.21. The zero-order valence-corrected chi connectivity index (χ0v) is 11.2. The topological polar surface area (TPSA) is 72.5 Å². The van der Waals surface area contributed by atoms with Gasteiger partial charge >= 0.3 is 5.97 Å². The van der Waals surface area contributed by atoms with Gasteiger partial charge in [0, 0.05) is 18.3 Å². The Balaban J connectivity index is 2.09. The summed E-state index contributed by atoms with van der Waals surface area (Å²) in [7, 11) is 0. The number of amides is 2. The molecule has 1 N–H and O–H groups in total. The number of rotatable bonds is 1.